The van der Waals surface area contributed by atoms with E-state index in [1.54, 1.807) is 36.7 Å². The normalized spacial score (nSPS) is 11.4. The fourth-order valence-corrected chi connectivity index (χ4v) is 3.13. The zero-order valence-corrected chi connectivity index (χ0v) is 14.9. The molecule has 132 valence electrons. The first-order valence-electron chi connectivity index (χ1n) is 8.05. The summed E-state index contributed by atoms with van der Waals surface area (Å²) in [7, 11) is 0. The number of pyridine rings is 1. The zero-order valence-electron chi connectivity index (χ0n) is 14.1. The van der Waals surface area contributed by atoms with Gasteiger partial charge in [-0.2, -0.15) is 0 Å². The molecule has 0 aliphatic carbocycles. The SMILES string of the molecule is CC(NC(=O)c1ccc(NC(=O)Nc2ccccc2)s1)c1ccncc1. The second-order valence-electron chi connectivity index (χ2n) is 5.58. The largest absolute Gasteiger partial charge is 0.345 e. The van der Waals surface area contributed by atoms with E-state index in [9.17, 15) is 9.59 Å². The van der Waals surface area contributed by atoms with Crippen LogP contribution in [0.1, 0.15) is 28.2 Å². The van der Waals surface area contributed by atoms with Gasteiger partial charge in [-0.15, -0.1) is 11.3 Å². The summed E-state index contributed by atoms with van der Waals surface area (Å²) in [6.45, 7) is 1.91. The molecule has 1 atom stereocenters. The van der Waals surface area contributed by atoms with E-state index in [0.717, 1.165) is 5.56 Å². The van der Waals surface area contributed by atoms with Crippen LogP contribution in [0, 0.1) is 0 Å². The van der Waals surface area contributed by atoms with Gasteiger partial charge >= 0.3 is 6.03 Å². The fourth-order valence-electron chi connectivity index (χ4n) is 2.33. The molecule has 1 unspecified atom stereocenters. The standard InChI is InChI=1S/C19H18N4O2S/c1-13(14-9-11-20-12-10-14)21-18(24)16-7-8-17(26-16)23-19(25)22-15-5-3-2-4-6-15/h2-13H,1H3,(H,21,24)(H2,22,23,25). The third-order valence-electron chi connectivity index (χ3n) is 3.65. The van der Waals surface area contributed by atoms with Crippen molar-refractivity contribution in [2.24, 2.45) is 0 Å². The smallest absolute Gasteiger partial charge is 0.324 e. The van der Waals surface area contributed by atoms with Gasteiger partial charge < -0.3 is 10.6 Å². The number of carbonyl (C=O) groups excluding carboxylic acids is 2. The molecule has 26 heavy (non-hydrogen) atoms. The van der Waals surface area contributed by atoms with Crippen molar-refractivity contribution in [3.05, 3.63) is 77.4 Å². The van der Waals surface area contributed by atoms with Crippen molar-refractivity contribution >= 4 is 34.0 Å². The van der Waals surface area contributed by atoms with Crippen LogP contribution in [-0.4, -0.2) is 16.9 Å². The first-order chi connectivity index (χ1) is 12.6. The summed E-state index contributed by atoms with van der Waals surface area (Å²) in [6.07, 6.45) is 3.38. The van der Waals surface area contributed by atoms with Gasteiger partial charge in [0, 0.05) is 18.1 Å². The van der Waals surface area contributed by atoms with Crippen molar-refractivity contribution in [3.8, 4) is 0 Å². The molecule has 0 spiro atoms. The molecule has 0 fully saturated rings. The van der Waals surface area contributed by atoms with Crippen molar-refractivity contribution in [1.82, 2.24) is 10.3 Å². The predicted molar refractivity (Wildman–Crippen MR) is 104 cm³/mol. The number of hydrogen-bond acceptors (Lipinski definition) is 4. The number of para-hydroxylation sites is 1. The van der Waals surface area contributed by atoms with Crippen LogP contribution in [0.25, 0.3) is 0 Å². The van der Waals surface area contributed by atoms with Crippen LogP contribution in [0.2, 0.25) is 0 Å². The summed E-state index contributed by atoms with van der Waals surface area (Å²) >= 11 is 1.22. The minimum absolute atomic E-state index is 0.134. The molecule has 0 bridgehead atoms. The van der Waals surface area contributed by atoms with Crippen LogP contribution < -0.4 is 16.0 Å². The van der Waals surface area contributed by atoms with E-state index in [-0.39, 0.29) is 18.0 Å². The molecule has 2 heterocycles. The van der Waals surface area contributed by atoms with Crippen molar-refractivity contribution in [2.75, 3.05) is 10.6 Å². The third-order valence-corrected chi connectivity index (χ3v) is 4.65. The number of benzene rings is 1. The minimum Gasteiger partial charge on any atom is -0.345 e. The second kappa shape index (κ2) is 8.26. The maximum absolute atomic E-state index is 12.4. The Balaban J connectivity index is 1.57. The van der Waals surface area contributed by atoms with E-state index in [4.69, 9.17) is 0 Å². The summed E-state index contributed by atoms with van der Waals surface area (Å²) in [5.41, 5.74) is 1.68. The van der Waals surface area contributed by atoms with E-state index in [2.05, 4.69) is 20.9 Å². The van der Waals surface area contributed by atoms with Gasteiger partial charge in [0.1, 0.15) is 0 Å². The molecule has 3 rings (SSSR count). The van der Waals surface area contributed by atoms with Crippen LogP contribution in [0.15, 0.2) is 67.0 Å². The number of nitrogens with zero attached hydrogens (tertiary/aromatic N) is 1. The Bertz CT molecular complexity index is 881. The van der Waals surface area contributed by atoms with Crippen molar-refractivity contribution in [1.29, 1.82) is 0 Å². The summed E-state index contributed by atoms with van der Waals surface area (Å²) in [6, 6.07) is 15.8. The van der Waals surface area contributed by atoms with Crippen LogP contribution in [0.5, 0.6) is 0 Å². The average Bonchev–Trinajstić information content (AvgIpc) is 3.11. The molecule has 1 aromatic carbocycles. The molecule has 3 N–H and O–H groups in total. The van der Waals surface area contributed by atoms with Crippen molar-refractivity contribution in [2.45, 2.75) is 13.0 Å². The summed E-state index contributed by atoms with van der Waals surface area (Å²) in [4.78, 5) is 28.9. The lowest BCUT2D eigenvalue weighted by atomic mass is 10.1. The Morgan fingerprint density at radius 1 is 0.962 bits per heavy atom. The van der Waals surface area contributed by atoms with Crippen LogP contribution in [-0.2, 0) is 0 Å². The molecule has 3 aromatic rings. The van der Waals surface area contributed by atoms with Crippen LogP contribution >= 0.6 is 11.3 Å². The highest BCUT2D eigenvalue weighted by Gasteiger charge is 2.14. The summed E-state index contributed by atoms with van der Waals surface area (Å²) < 4.78 is 0. The quantitative estimate of drug-likeness (QED) is 0.630. The number of rotatable bonds is 5. The highest BCUT2D eigenvalue weighted by atomic mass is 32.1. The molecule has 0 aliphatic rings. The number of nitrogens with one attached hydrogen (secondary N) is 3. The number of aromatic nitrogens is 1. The lowest BCUT2D eigenvalue weighted by molar-refractivity contribution is 0.0944. The van der Waals surface area contributed by atoms with Crippen molar-refractivity contribution in [3.63, 3.8) is 0 Å². The van der Waals surface area contributed by atoms with Gasteiger partial charge in [-0.1, -0.05) is 18.2 Å². The fraction of sp³-hybridized carbons (Fsp3) is 0.105. The lowest BCUT2D eigenvalue weighted by Crippen LogP contribution is -2.25. The zero-order chi connectivity index (χ0) is 18.4. The number of urea groups is 1. The Kier molecular flexibility index (Phi) is 5.60. The predicted octanol–water partition coefficient (Wildman–Crippen LogP) is 4.28. The van der Waals surface area contributed by atoms with E-state index in [1.807, 2.05) is 37.3 Å². The number of thiophene rings is 1. The molecular weight excluding hydrogens is 348 g/mol. The van der Waals surface area contributed by atoms with Gasteiger partial charge in [0.05, 0.1) is 15.9 Å². The second-order valence-corrected chi connectivity index (χ2v) is 6.67. The number of anilines is 2. The van der Waals surface area contributed by atoms with Crippen molar-refractivity contribution < 1.29 is 9.59 Å². The maximum atomic E-state index is 12.4. The molecule has 6 nitrogen and oxygen atoms in total. The Morgan fingerprint density at radius 2 is 1.69 bits per heavy atom. The number of hydrogen-bond donors (Lipinski definition) is 3. The molecule has 0 radical (unpaired) electrons. The Hall–Kier alpha value is -3.19. The van der Waals surface area contributed by atoms with Gasteiger partial charge in [0.25, 0.3) is 5.91 Å². The molecule has 2 aromatic heterocycles. The molecule has 0 aliphatic heterocycles. The van der Waals surface area contributed by atoms with Crippen LogP contribution in [0.4, 0.5) is 15.5 Å². The van der Waals surface area contributed by atoms with E-state index in [1.165, 1.54) is 11.3 Å². The van der Waals surface area contributed by atoms with Gasteiger partial charge in [-0.3, -0.25) is 15.1 Å². The highest BCUT2D eigenvalue weighted by Crippen LogP contribution is 2.23. The molecule has 0 saturated heterocycles. The topological polar surface area (TPSA) is 83.1 Å². The van der Waals surface area contributed by atoms with Gasteiger partial charge in [0.15, 0.2) is 0 Å². The van der Waals surface area contributed by atoms with Gasteiger partial charge in [-0.05, 0) is 48.9 Å². The van der Waals surface area contributed by atoms with Gasteiger partial charge in [0.2, 0.25) is 0 Å². The third kappa shape index (κ3) is 4.67. The highest BCUT2D eigenvalue weighted by molar-refractivity contribution is 7.18. The summed E-state index contributed by atoms with van der Waals surface area (Å²) in [5, 5.41) is 9.00. The first kappa shape index (κ1) is 17.6. The minimum atomic E-state index is -0.352. The van der Waals surface area contributed by atoms with Crippen LogP contribution in [0.3, 0.4) is 0 Å². The van der Waals surface area contributed by atoms with E-state index in [0.29, 0.717) is 15.6 Å². The molecule has 7 heteroatoms. The summed E-state index contributed by atoms with van der Waals surface area (Å²) in [5.74, 6) is -0.184. The van der Waals surface area contributed by atoms with E-state index >= 15 is 0 Å². The molecular formula is C19H18N4O2S. The van der Waals surface area contributed by atoms with Gasteiger partial charge in [-0.25, -0.2) is 4.79 Å². The van der Waals surface area contributed by atoms with E-state index < -0.39 is 0 Å². The first-order valence-corrected chi connectivity index (χ1v) is 8.87. The Labute approximate surface area is 155 Å². The maximum Gasteiger partial charge on any atom is 0.324 e. The average molecular weight is 366 g/mol. The molecule has 3 amide bonds. The Morgan fingerprint density at radius 3 is 2.42 bits per heavy atom. The molecule has 0 saturated carbocycles. The number of carbonyl (C=O) groups is 2. The lowest BCUT2D eigenvalue weighted by Gasteiger charge is -2.13. The number of amides is 3. The monoisotopic (exact) mass is 366 g/mol.